The Labute approximate surface area is 180 Å². The van der Waals surface area contributed by atoms with E-state index in [2.05, 4.69) is 34.0 Å². The predicted molar refractivity (Wildman–Crippen MR) is 121 cm³/mol. The number of hydrogen-bond acceptors (Lipinski definition) is 3. The molecule has 0 bridgehead atoms. The summed E-state index contributed by atoms with van der Waals surface area (Å²) in [6.07, 6.45) is 2.06. The largest absolute Gasteiger partial charge is 0.497 e. The van der Waals surface area contributed by atoms with Crippen LogP contribution in [0.3, 0.4) is 0 Å². The van der Waals surface area contributed by atoms with E-state index in [0.29, 0.717) is 6.04 Å². The van der Waals surface area contributed by atoms with E-state index in [1.807, 2.05) is 25.2 Å². The minimum atomic E-state index is 0. The predicted octanol–water partition coefficient (Wildman–Crippen LogP) is 3.50. The van der Waals surface area contributed by atoms with E-state index >= 15 is 0 Å². The van der Waals surface area contributed by atoms with Crippen molar-refractivity contribution >= 4 is 41.5 Å². The number of likely N-dealkylation sites (N-methyl/N-ethyl adjacent to an activating group) is 1. The van der Waals surface area contributed by atoms with Crippen molar-refractivity contribution in [1.82, 2.24) is 15.1 Å². The van der Waals surface area contributed by atoms with Crippen LogP contribution in [0.1, 0.15) is 25.8 Å². The van der Waals surface area contributed by atoms with Gasteiger partial charge in [0.05, 0.1) is 7.11 Å². The number of ether oxygens (including phenoxy) is 1. The number of nitrogens with zero attached hydrogens (tertiary/aromatic N) is 3. The van der Waals surface area contributed by atoms with Gasteiger partial charge in [0.15, 0.2) is 5.96 Å². The van der Waals surface area contributed by atoms with Crippen LogP contribution >= 0.6 is 35.6 Å². The van der Waals surface area contributed by atoms with Crippen molar-refractivity contribution in [2.75, 3.05) is 46.9 Å². The number of likely N-dealkylation sites (tertiary alicyclic amines) is 1. The molecule has 1 N–H and O–H groups in total. The van der Waals surface area contributed by atoms with Crippen LogP contribution in [-0.2, 0) is 6.42 Å². The molecule has 1 saturated heterocycles. The quantitative estimate of drug-likeness (QED) is 0.358. The minimum absolute atomic E-state index is 0. The summed E-state index contributed by atoms with van der Waals surface area (Å²) < 4.78 is 5.20. The summed E-state index contributed by atoms with van der Waals surface area (Å²) in [5.41, 5.74) is 1.12. The fourth-order valence-electron chi connectivity index (χ4n) is 3.47. The van der Waals surface area contributed by atoms with E-state index in [4.69, 9.17) is 16.3 Å². The smallest absolute Gasteiger partial charge is 0.193 e. The van der Waals surface area contributed by atoms with Gasteiger partial charge in [-0.05, 0) is 43.6 Å². The Morgan fingerprint density at radius 3 is 2.69 bits per heavy atom. The third-order valence-electron chi connectivity index (χ3n) is 4.94. The van der Waals surface area contributed by atoms with Gasteiger partial charge in [-0.25, -0.2) is 0 Å². The third kappa shape index (κ3) is 6.16. The lowest BCUT2D eigenvalue weighted by molar-refractivity contribution is 0.223. The van der Waals surface area contributed by atoms with Gasteiger partial charge >= 0.3 is 0 Å². The summed E-state index contributed by atoms with van der Waals surface area (Å²) in [6.45, 7) is 9.60. The second-order valence-electron chi connectivity index (χ2n) is 6.29. The molecule has 5 nitrogen and oxygen atoms in total. The Bertz CT molecular complexity index is 581. The van der Waals surface area contributed by atoms with Crippen molar-refractivity contribution in [3.05, 3.63) is 28.8 Å². The van der Waals surface area contributed by atoms with Crippen LogP contribution in [0.25, 0.3) is 0 Å². The lowest BCUT2D eigenvalue weighted by atomic mass is 10.1. The molecule has 0 spiro atoms. The standard InChI is InChI=1S/C19H31ClN4O.HI/c1-5-23(6-2)16-10-12-24(14-16)19(21-3)22-11-9-15-7-8-17(25-4)13-18(15)20;/h7-8,13,16H,5-6,9-12,14H2,1-4H3,(H,21,22);1H. The van der Waals surface area contributed by atoms with Gasteiger partial charge in [-0.3, -0.25) is 9.89 Å². The number of rotatable bonds is 7. The molecule has 0 aliphatic carbocycles. The van der Waals surface area contributed by atoms with Gasteiger partial charge in [0.1, 0.15) is 5.75 Å². The number of aliphatic imine (C=N–C) groups is 1. The molecule has 1 fully saturated rings. The molecule has 1 aromatic carbocycles. The molecule has 0 amide bonds. The number of halogens is 2. The molecule has 1 heterocycles. The molecule has 0 saturated carbocycles. The van der Waals surface area contributed by atoms with E-state index in [9.17, 15) is 0 Å². The average Bonchev–Trinajstić information content (AvgIpc) is 3.10. The number of methoxy groups -OCH3 is 1. The molecule has 1 aromatic rings. The Kier molecular flexibility index (Phi) is 10.6. The van der Waals surface area contributed by atoms with Crippen LogP contribution < -0.4 is 10.1 Å². The molecule has 1 unspecified atom stereocenters. The van der Waals surface area contributed by atoms with Gasteiger partial charge in [0, 0.05) is 37.7 Å². The monoisotopic (exact) mass is 494 g/mol. The van der Waals surface area contributed by atoms with Crippen molar-refractivity contribution in [3.63, 3.8) is 0 Å². The number of benzene rings is 1. The number of nitrogens with one attached hydrogen (secondary N) is 1. The highest BCUT2D eigenvalue weighted by molar-refractivity contribution is 14.0. The van der Waals surface area contributed by atoms with Crippen LogP contribution in [0.5, 0.6) is 5.75 Å². The molecular weight excluding hydrogens is 463 g/mol. The molecule has 0 aromatic heterocycles. The molecule has 26 heavy (non-hydrogen) atoms. The SMILES string of the molecule is CCN(CC)C1CCN(C(=NC)NCCc2ccc(OC)cc2Cl)C1.I. The van der Waals surface area contributed by atoms with Crippen LogP contribution in [0.15, 0.2) is 23.2 Å². The molecule has 1 aliphatic rings. The maximum atomic E-state index is 6.32. The summed E-state index contributed by atoms with van der Waals surface area (Å²) in [5.74, 6) is 1.77. The first-order valence-electron chi connectivity index (χ1n) is 9.14. The Balaban J connectivity index is 0.00000338. The van der Waals surface area contributed by atoms with Crippen molar-refractivity contribution < 1.29 is 4.74 Å². The van der Waals surface area contributed by atoms with E-state index < -0.39 is 0 Å². The van der Waals surface area contributed by atoms with Gasteiger partial charge in [0.2, 0.25) is 0 Å². The number of guanidine groups is 1. The van der Waals surface area contributed by atoms with Gasteiger partial charge in [-0.1, -0.05) is 31.5 Å². The summed E-state index contributed by atoms with van der Waals surface area (Å²) in [4.78, 5) is 9.35. The summed E-state index contributed by atoms with van der Waals surface area (Å²) in [7, 11) is 3.51. The fraction of sp³-hybridized carbons (Fsp3) is 0.632. The average molecular weight is 495 g/mol. The highest BCUT2D eigenvalue weighted by atomic mass is 127. The lowest BCUT2D eigenvalue weighted by Crippen LogP contribution is -2.43. The van der Waals surface area contributed by atoms with E-state index in [0.717, 1.165) is 61.4 Å². The van der Waals surface area contributed by atoms with Crippen molar-refractivity contribution in [2.45, 2.75) is 32.7 Å². The van der Waals surface area contributed by atoms with E-state index in [1.165, 1.54) is 6.42 Å². The van der Waals surface area contributed by atoms with Gasteiger partial charge in [0.25, 0.3) is 0 Å². The topological polar surface area (TPSA) is 40.1 Å². The maximum absolute atomic E-state index is 6.32. The van der Waals surface area contributed by atoms with Crippen LogP contribution in [-0.4, -0.2) is 68.7 Å². The first-order chi connectivity index (χ1) is 12.1. The zero-order chi connectivity index (χ0) is 18.2. The first kappa shape index (κ1) is 23.3. The fourth-order valence-corrected chi connectivity index (χ4v) is 3.74. The highest BCUT2D eigenvalue weighted by Crippen LogP contribution is 2.22. The molecule has 2 rings (SSSR count). The maximum Gasteiger partial charge on any atom is 0.193 e. The van der Waals surface area contributed by atoms with Crippen LogP contribution in [0, 0.1) is 0 Å². The Hall–Kier alpha value is -0.730. The molecule has 0 radical (unpaired) electrons. The van der Waals surface area contributed by atoms with Gasteiger partial charge in [-0.2, -0.15) is 0 Å². The summed E-state index contributed by atoms with van der Waals surface area (Å²) in [6, 6.07) is 6.47. The first-order valence-corrected chi connectivity index (χ1v) is 9.52. The highest BCUT2D eigenvalue weighted by Gasteiger charge is 2.27. The van der Waals surface area contributed by atoms with Crippen molar-refractivity contribution in [3.8, 4) is 5.75 Å². The number of hydrogen-bond donors (Lipinski definition) is 1. The zero-order valence-corrected chi connectivity index (χ0v) is 19.4. The van der Waals surface area contributed by atoms with Gasteiger partial charge < -0.3 is 15.0 Å². The molecule has 7 heteroatoms. The third-order valence-corrected chi connectivity index (χ3v) is 5.29. The van der Waals surface area contributed by atoms with E-state index in [-0.39, 0.29) is 24.0 Å². The van der Waals surface area contributed by atoms with Crippen molar-refractivity contribution in [1.29, 1.82) is 0 Å². The second-order valence-corrected chi connectivity index (χ2v) is 6.70. The molecule has 1 aliphatic heterocycles. The minimum Gasteiger partial charge on any atom is -0.497 e. The summed E-state index contributed by atoms with van der Waals surface area (Å²) in [5, 5.41) is 4.23. The van der Waals surface area contributed by atoms with E-state index in [1.54, 1.807) is 7.11 Å². The normalized spacial score (nSPS) is 17.4. The van der Waals surface area contributed by atoms with Crippen molar-refractivity contribution in [2.24, 2.45) is 4.99 Å². The molecule has 148 valence electrons. The summed E-state index contributed by atoms with van der Waals surface area (Å²) >= 11 is 6.32. The zero-order valence-electron chi connectivity index (χ0n) is 16.3. The Morgan fingerprint density at radius 1 is 1.38 bits per heavy atom. The lowest BCUT2D eigenvalue weighted by Gasteiger charge is -2.27. The second kappa shape index (κ2) is 11.9. The Morgan fingerprint density at radius 2 is 2.12 bits per heavy atom. The van der Waals surface area contributed by atoms with Gasteiger partial charge in [-0.15, -0.1) is 24.0 Å². The van der Waals surface area contributed by atoms with Crippen LogP contribution in [0.2, 0.25) is 5.02 Å². The molecule has 1 atom stereocenters. The van der Waals surface area contributed by atoms with Crippen LogP contribution in [0.4, 0.5) is 0 Å². The molecular formula is C19H32ClIN4O.